The maximum atomic E-state index is 10.4. The Morgan fingerprint density at radius 1 is 1.18 bits per heavy atom. The van der Waals surface area contributed by atoms with Crippen LogP contribution in [0, 0.1) is 5.92 Å². The fraction of sp³-hybridized carbons (Fsp3) is 1.00. The van der Waals surface area contributed by atoms with Gasteiger partial charge in [0, 0.05) is 13.1 Å². The van der Waals surface area contributed by atoms with Gasteiger partial charge in [0.05, 0.1) is 5.60 Å². The van der Waals surface area contributed by atoms with Gasteiger partial charge in [-0.05, 0) is 58.8 Å². The first-order valence-electron chi connectivity index (χ1n) is 7.17. The molecule has 0 spiro atoms. The molecule has 0 bridgehead atoms. The first-order valence-corrected chi connectivity index (χ1v) is 7.17. The Hall–Kier alpha value is -0.120. The summed E-state index contributed by atoms with van der Waals surface area (Å²) < 4.78 is 0. The van der Waals surface area contributed by atoms with Gasteiger partial charge in [0.1, 0.15) is 0 Å². The molecule has 0 aromatic carbocycles. The van der Waals surface area contributed by atoms with E-state index in [0.717, 1.165) is 25.3 Å². The summed E-state index contributed by atoms with van der Waals surface area (Å²) in [6, 6.07) is 0. The third kappa shape index (κ3) is 3.94. The van der Waals surface area contributed by atoms with Gasteiger partial charge in [-0.2, -0.15) is 0 Å². The molecule has 1 saturated carbocycles. The SMILES string of the molecule is CN(C)CC1CCN(CC2(O)CCCC2)CC1. The summed E-state index contributed by atoms with van der Waals surface area (Å²) in [5.41, 5.74) is -0.353. The van der Waals surface area contributed by atoms with Crippen LogP contribution in [0.15, 0.2) is 0 Å². The summed E-state index contributed by atoms with van der Waals surface area (Å²) in [5, 5.41) is 10.4. The lowest BCUT2D eigenvalue weighted by molar-refractivity contribution is -0.000859. The van der Waals surface area contributed by atoms with Gasteiger partial charge in [0.15, 0.2) is 0 Å². The normalized spacial score (nSPS) is 26.8. The minimum absolute atomic E-state index is 0.353. The van der Waals surface area contributed by atoms with Crippen molar-refractivity contribution in [1.29, 1.82) is 0 Å². The number of hydrogen-bond donors (Lipinski definition) is 1. The van der Waals surface area contributed by atoms with Gasteiger partial charge in [0.2, 0.25) is 0 Å². The molecule has 1 N–H and O–H groups in total. The molecule has 17 heavy (non-hydrogen) atoms. The van der Waals surface area contributed by atoms with Crippen molar-refractivity contribution in [2.45, 2.75) is 44.1 Å². The zero-order valence-corrected chi connectivity index (χ0v) is 11.5. The Balaban J connectivity index is 1.71. The van der Waals surface area contributed by atoms with E-state index in [4.69, 9.17) is 0 Å². The Kier molecular flexibility index (Phi) is 4.45. The van der Waals surface area contributed by atoms with Crippen LogP contribution >= 0.6 is 0 Å². The predicted molar refractivity (Wildman–Crippen MR) is 71.1 cm³/mol. The molecule has 0 aromatic heterocycles. The van der Waals surface area contributed by atoms with Crippen molar-refractivity contribution in [2.24, 2.45) is 5.92 Å². The van der Waals surface area contributed by atoms with Crippen LogP contribution in [0.1, 0.15) is 38.5 Å². The molecule has 3 nitrogen and oxygen atoms in total. The fourth-order valence-electron chi connectivity index (χ4n) is 3.45. The fourth-order valence-corrected chi connectivity index (χ4v) is 3.45. The highest BCUT2D eigenvalue weighted by molar-refractivity contribution is 4.88. The molecule has 2 rings (SSSR count). The van der Waals surface area contributed by atoms with E-state index in [1.54, 1.807) is 0 Å². The van der Waals surface area contributed by atoms with Gasteiger partial charge in [-0.3, -0.25) is 0 Å². The quantitative estimate of drug-likeness (QED) is 0.808. The highest BCUT2D eigenvalue weighted by atomic mass is 16.3. The number of aliphatic hydroxyl groups is 1. The van der Waals surface area contributed by atoms with Gasteiger partial charge in [-0.25, -0.2) is 0 Å². The van der Waals surface area contributed by atoms with Crippen molar-refractivity contribution >= 4 is 0 Å². The summed E-state index contributed by atoms with van der Waals surface area (Å²) in [4.78, 5) is 4.78. The lowest BCUT2D eigenvalue weighted by Gasteiger charge is -2.37. The molecule has 2 fully saturated rings. The van der Waals surface area contributed by atoms with E-state index in [2.05, 4.69) is 23.9 Å². The smallest absolute Gasteiger partial charge is 0.0774 e. The van der Waals surface area contributed by atoms with Gasteiger partial charge < -0.3 is 14.9 Å². The summed E-state index contributed by atoms with van der Waals surface area (Å²) in [7, 11) is 4.32. The summed E-state index contributed by atoms with van der Waals surface area (Å²) >= 11 is 0. The summed E-state index contributed by atoms with van der Waals surface area (Å²) in [6.45, 7) is 4.50. The first-order chi connectivity index (χ1) is 8.07. The number of nitrogens with zero attached hydrogens (tertiary/aromatic N) is 2. The van der Waals surface area contributed by atoms with E-state index >= 15 is 0 Å². The van der Waals surface area contributed by atoms with Crippen molar-refractivity contribution in [3.8, 4) is 0 Å². The average Bonchev–Trinajstić information content (AvgIpc) is 2.67. The van der Waals surface area contributed by atoms with Crippen molar-refractivity contribution in [2.75, 3.05) is 40.3 Å². The Morgan fingerprint density at radius 3 is 2.29 bits per heavy atom. The second kappa shape index (κ2) is 5.68. The second-order valence-electron chi connectivity index (χ2n) is 6.41. The van der Waals surface area contributed by atoms with Gasteiger partial charge >= 0.3 is 0 Å². The van der Waals surface area contributed by atoms with Crippen LogP contribution in [-0.4, -0.2) is 60.8 Å². The van der Waals surface area contributed by atoms with Crippen LogP contribution in [0.2, 0.25) is 0 Å². The zero-order chi connectivity index (χ0) is 12.3. The number of piperidine rings is 1. The third-order valence-electron chi connectivity index (χ3n) is 4.38. The molecule has 0 amide bonds. The second-order valence-corrected chi connectivity index (χ2v) is 6.41. The molecule has 0 unspecified atom stereocenters. The molecule has 1 aliphatic carbocycles. The van der Waals surface area contributed by atoms with Crippen LogP contribution < -0.4 is 0 Å². The molecule has 3 heteroatoms. The standard InChI is InChI=1S/C14H28N2O/c1-15(2)11-13-5-9-16(10-6-13)12-14(17)7-3-4-8-14/h13,17H,3-12H2,1-2H3. The van der Waals surface area contributed by atoms with Crippen LogP contribution in [-0.2, 0) is 0 Å². The Labute approximate surface area is 106 Å². The van der Waals surface area contributed by atoms with E-state index in [1.165, 1.54) is 45.3 Å². The van der Waals surface area contributed by atoms with Crippen molar-refractivity contribution in [3.05, 3.63) is 0 Å². The molecular formula is C14H28N2O. The largest absolute Gasteiger partial charge is 0.389 e. The minimum atomic E-state index is -0.353. The van der Waals surface area contributed by atoms with E-state index in [-0.39, 0.29) is 5.60 Å². The van der Waals surface area contributed by atoms with E-state index in [9.17, 15) is 5.11 Å². The maximum Gasteiger partial charge on any atom is 0.0774 e. The Bertz CT molecular complexity index is 228. The average molecular weight is 240 g/mol. The van der Waals surface area contributed by atoms with Gasteiger partial charge in [-0.1, -0.05) is 12.8 Å². The third-order valence-corrected chi connectivity index (χ3v) is 4.38. The van der Waals surface area contributed by atoms with Crippen LogP contribution in [0.5, 0.6) is 0 Å². The topological polar surface area (TPSA) is 26.7 Å². The van der Waals surface area contributed by atoms with Crippen LogP contribution in [0.3, 0.4) is 0 Å². The predicted octanol–water partition coefficient (Wildman–Crippen LogP) is 1.57. The van der Waals surface area contributed by atoms with Gasteiger partial charge in [-0.15, -0.1) is 0 Å². The van der Waals surface area contributed by atoms with Crippen molar-refractivity contribution in [3.63, 3.8) is 0 Å². The molecule has 1 saturated heterocycles. The molecule has 0 atom stereocenters. The molecule has 1 heterocycles. The highest BCUT2D eigenvalue weighted by Gasteiger charge is 2.34. The summed E-state index contributed by atoms with van der Waals surface area (Å²) in [5.74, 6) is 0.861. The van der Waals surface area contributed by atoms with E-state index in [0.29, 0.717) is 0 Å². The molecule has 0 radical (unpaired) electrons. The van der Waals surface area contributed by atoms with Crippen LogP contribution in [0.4, 0.5) is 0 Å². The van der Waals surface area contributed by atoms with Gasteiger partial charge in [0.25, 0.3) is 0 Å². The number of β-amino-alcohol motifs (C(OH)–C–C–N with tert-alkyl or cyclic N) is 1. The first kappa shape index (κ1) is 13.3. The highest BCUT2D eigenvalue weighted by Crippen LogP contribution is 2.31. The van der Waals surface area contributed by atoms with Crippen LogP contribution in [0.25, 0.3) is 0 Å². The van der Waals surface area contributed by atoms with Crippen molar-refractivity contribution in [1.82, 2.24) is 9.80 Å². The number of rotatable bonds is 4. The number of likely N-dealkylation sites (tertiary alicyclic amines) is 1. The van der Waals surface area contributed by atoms with Crippen molar-refractivity contribution < 1.29 is 5.11 Å². The molecule has 1 aliphatic heterocycles. The Morgan fingerprint density at radius 2 is 1.76 bits per heavy atom. The monoisotopic (exact) mass is 240 g/mol. The minimum Gasteiger partial charge on any atom is -0.389 e. The molecular weight excluding hydrogens is 212 g/mol. The van der Waals surface area contributed by atoms with E-state index in [1.807, 2.05) is 0 Å². The summed E-state index contributed by atoms with van der Waals surface area (Å²) in [6.07, 6.45) is 7.07. The lowest BCUT2D eigenvalue weighted by atomic mass is 9.94. The molecule has 0 aromatic rings. The lowest BCUT2D eigenvalue weighted by Crippen LogP contribution is -2.45. The zero-order valence-electron chi connectivity index (χ0n) is 11.5. The molecule has 100 valence electrons. The maximum absolute atomic E-state index is 10.4. The number of hydrogen-bond acceptors (Lipinski definition) is 3. The molecule has 2 aliphatic rings. The van der Waals surface area contributed by atoms with E-state index < -0.39 is 0 Å².